The molecule has 0 radical (unpaired) electrons. The lowest BCUT2D eigenvalue weighted by atomic mass is 9.93. The van der Waals surface area contributed by atoms with Crippen molar-refractivity contribution in [2.45, 2.75) is 31.2 Å². The van der Waals surface area contributed by atoms with Crippen LogP contribution in [0.4, 0.5) is 0 Å². The number of amides is 2. The Hall–Kier alpha value is -1.14. The fourth-order valence-corrected chi connectivity index (χ4v) is 2.93. The topological polar surface area (TPSA) is 61.9 Å². The lowest BCUT2D eigenvalue weighted by Crippen LogP contribution is -2.65. The van der Waals surface area contributed by atoms with Gasteiger partial charge >= 0.3 is 0 Å². The molecule has 1 spiro atoms. The van der Waals surface area contributed by atoms with E-state index in [0.29, 0.717) is 19.8 Å². The number of carbonyl (C=O) groups is 2. The van der Waals surface area contributed by atoms with Crippen molar-refractivity contribution in [3.63, 3.8) is 0 Å². The zero-order valence-electron chi connectivity index (χ0n) is 12.5. The van der Waals surface area contributed by atoms with Crippen molar-refractivity contribution in [3.8, 4) is 0 Å². The molecule has 1 heterocycles. The van der Waals surface area contributed by atoms with Crippen LogP contribution >= 0.6 is 0 Å². The molecule has 1 saturated carbocycles. The highest BCUT2D eigenvalue weighted by Gasteiger charge is 2.47. The number of hydrogen-bond donors (Lipinski definition) is 1. The third-order valence-corrected chi connectivity index (χ3v) is 4.06. The van der Waals surface area contributed by atoms with E-state index in [-0.39, 0.29) is 18.4 Å². The Balaban J connectivity index is 1.81. The van der Waals surface area contributed by atoms with Gasteiger partial charge < -0.3 is 19.9 Å². The standard InChI is InChI=1S/C14H25N3O3/c1-16(2)7-9-20-10-8-17-11-12(18)15-14(13(17)19)5-3-4-6-14/h3-11H2,1-2H3,(H,15,18). The van der Waals surface area contributed by atoms with Crippen LogP contribution in [0, 0.1) is 0 Å². The maximum atomic E-state index is 12.5. The molecule has 20 heavy (non-hydrogen) atoms. The van der Waals surface area contributed by atoms with Crippen molar-refractivity contribution < 1.29 is 14.3 Å². The summed E-state index contributed by atoms with van der Waals surface area (Å²) in [5.74, 6) is 0.0330. The first-order chi connectivity index (χ1) is 9.53. The number of ether oxygens (including phenoxy) is 1. The van der Waals surface area contributed by atoms with Gasteiger partial charge in [0, 0.05) is 13.1 Å². The largest absolute Gasteiger partial charge is 0.378 e. The monoisotopic (exact) mass is 283 g/mol. The Kier molecular flexibility index (Phi) is 4.99. The maximum Gasteiger partial charge on any atom is 0.248 e. The molecule has 1 aliphatic heterocycles. The van der Waals surface area contributed by atoms with Crippen LogP contribution in [0.2, 0.25) is 0 Å². The molecule has 6 nitrogen and oxygen atoms in total. The first-order valence-electron chi connectivity index (χ1n) is 7.36. The summed E-state index contributed by atoms with van der Waals surface area (Å²) in [5.41, 5.74) is -0.612. The number of carbonyl (C=O) groups excluding carboxylic acids is 2. The average Bonchev–Trinajstić information content (AvgIpc) is 2.83. The predicted molar refractivity (Wildman–Crippen MR) is 75.3 cm³/mol. The molecule has 0 aromatic heterocycles. The first kappa shape index (κ1) is 15.3. The van der Waals surface area contributed by atoms with Crippen LogP contribution in [-0.4, -0.2) is 74.1 Å². The minimum absolute atomic E-state index is 0.0419. The zero-order chi connectivity index (χ0) is 14.6. The van der Waals surface area contributed by atoms with E-state index in [1.807, 2.05) is 19.0 Å². The van der Waals surface area contributed by atoms with Crippen molar-refractivity contribution in [1.29, 1.82) is 0 Å². The summed E-state index contributed by atoms with van der Waals surface area (Å²) in [4.78, 5) is 28.0. The molecule has 0 aromatic carbocycles. The molecule has 2 fully saturated rings. The fraction of sp³-hybridized carbons (Fsp3) is 0.857. The van der Waals surface area contributed by atoms with Crippen molar-refractivity contribution in [1.82, 2.24) is 15.1 Å². The molecule has 1 saturated heterocycles. The van der Waals surface area contributed by atoms with E-state index in [9.17, 15) is 9.59 Å². The van der Waals surface area contributed by atoms with Crippen LogP contribution in [-0.2, 0) is 14.3 Å². The summed E-state index contributed by atoms with van der Waals surface area (Å²) >= 11 is 0. The van der Waals surface area contributed by atoms with E-state index in [0.717, 1.165) is 32.2 Å². The van der Waals surface area contributed by atoms with E-state index >= 15 is 0 Å². The van der Waals surface area contributed by atoms with E-state index < -0.39 is 5.54 Å². The molecule has 0 aromatic rings. The van der Waals surface area contributed by atoms with E-state index in [1.165, 1.54) is 0 Å². The molecule has 114 valence electrons. The molecular weight excluding hydrogens is 258 g/mol. The van der Waals surface area contributed by atoms with Crippen LogP contribution in [0.15, 0.2) is 0 Å². The molecule has 6 heteroatoms. The summed E-state index contributed by atoms with van der Waals surface area (Å²) in [6.07, 6.45) is 3.57. The Bertz CT molecular complexity index is 365. The molecule has 1 N–H and O–H groups in total. The summed E-state index contributed by atoms with van der Waals surface area (Å²) in [7, 11) is 3.98. The molecular formula is C14H25N3O3. The second kappa shape index (κ2) is 6.54. The highest BCUT2D eigenvalue weighted by atomic mass is 16.5. The summed E-state index contributed by atoms with van der Waals surface area (Å²) in [6.45, 7) is 2.66. The first-order valence-corrected chi connectivity index (χ1v) is 7.36. The number of rotatable bonds is 6. The third kappa shape index (κ3) is 3.49. The SMILES string of the molecule is CN(C)CCOCCN1CC(=O)NC2(CCCC2)C1=O. The van der Waals surface area contributed by atoms with Crippen LogP contribution in [0.25, 0.3) is 0 Å². The minimum Gasteiger partial charge on any atom is -0.378 e. The normalized spacial score (nSPS) is 21.9. The summed E-state index contributed by atoms with van der Waals surface area (Å²) in [6, 6.07) is 0. The number of likely N-dealkylation sites (N-methyl/N-ethyl adjacent to an activating group) is 1. The predicted octanol–water partition coefficient (Wildman–Crippen LogP) is -0.164. The van der Waals surface area contributed by atoms with Gasteiger partial charge in [0.1, 0.15) is 5.54 Å². The van der Waals surface area contributed by atoms with Crippen molar-refractivity contribution >= 4 is 11.8 Å². The van der Waals surface area contributed by atoms with E-state index in [4.69, 9.17) is 4.74 Å². The van der Waals surface area contributed by atoms with E-state index in [2.05, 4.69) is 5.32 Å². The lowest BCUT2D eigenvalue weighted by Gasteiger charge is -2.39. The lowest BCUT2D eigenvalue weighted by molar-refractivity contribution is -0.150. The van der Waals surface area contributed by atoms with Gasteiger partial charge in [-0.3, -0.25) is 9.59 Å². The molecule has 0 unspecified atom stereocenters. The molecule has 2 rings (SSSR count). The van der Waals surface area contributed by atoms with E-state index in [1.54, 1.807) is 4.90 Å². The second-order valence-corrected chi connectivity index (χ2v) is 5.98. The van der Waals surface area contributed by atoms with Crippen molar-refractivity contribution in [3.05, 3.63) is 0 Å². The van der Waals surface area contributed by atoms with Gasteiger partial charge in [0.05, 0.1) is 19.8 Å². The Labute approximate surface area is 120 Å². The fourth-order valence-electron chi connectivity index (χ4n) is 2.93. The molecule has 2 aliphatic rings. The van der Waals surface area contributed by atoms with Crippen LogP contribution < -0.4 is 5.32 Å². The smallest absolute Gasteiger partial charge is 0.248 e. The average molecular weight is 283 g/mol. The van der Waals surface area contributed by atoms with Crippen molar-refractivity contribution in [2.75, 3.05) is 46.9 Å². The van der Waals surface area contributed by atoms with Crippen LogP contribution in [0.5, 0.6) is 0 Å². The van der Waals surface area contributed by atoms with Gasteiger partial charge in [0.15, 0.2) is 0 Å². The van der Waals surface area contributed by atoms with Crippen LogP contribution in [0.1, 0.15) is 25.7 Å². The summed E-state index contributed by atoms with van der Waals surface area (Å²) < 4.78 is 5.51. The van der Waals surface area contributed by atoms with Gasteiger partial charge in [-0.05, 0) is 26.9 Å². The number of hydrogen-bond acceptors (Lipinski definition) is 4. The maximum absolute atomic E-state index is 12.5. The van der Waals surface area contributed by atoms with Gasteiger partial charge in [-0.2, -0.15) is 0 Å². The third-order valence-electron chi connectivity index (χ3n) is 4.06. The van der Waals surface area contributed by atoms with Gasteiger partial charge in [-0.25, -0.2) is 0 Å². The second-order valence-electron chi connectivity index (χ2n) is 5.98. The molecule has 1 aliphatic carbocycles. The van der Waals surface area contributed by atoms with Crippen molar-refractivity contribution in [2.24, 2.45) is 0 Å². The Morgan fingerprint density at radius 1 is 1.25 bits per heavy atom. The zero-order valence-corrected chi connectivity index (χ0v) is 12.5. The Morgan fingerprint density at radius 2 is 1.95 bits per heavy atom. The molecule has 2 amide bonds. The molecule has 0 atom stereocenters. The van der Waals surface area contributed by atoms with Crippen LogP contribution in [0.3, 0.4) is 0 Å². The van der Waals surface area contributed by atoms with Gasteiger partial charge in [0.2, 0.25) is 11.8 Å². The number of nitrogens with one attached hydrogen (secondary N) is 1. The summed E-state index contributed by atoms with van der Waals surface area (Å²) in [5, 5.41) is 2.91. The minimum atomic E-state index is -0.612. The number of piperazine rings is 1. The highest BCUT2D eigenvalue weighted by molar-refractivity contribution is 5.98. The quantitative estimate of drug-likeness (QED) is 0.688. The highest BCUT2D eigenvalue weighted by Crippen LogP contribution is 2.33. The Morgan fingerprint density at radius 3 is 2.60 bits per heavy atom. The van der Waals surface area contributed by atoms with Gasteiger partial charge in [-0.1, -0.05) is 12.8 Å². The molecule has 0 bridgehead atoms. The van der Waals surface area contributed by atoms with Gasteiger partial charge in [0.25, 0.3) is 0 Å². The van der Waals surface area contributed by atoms with Gasteiger partial charge in [-0.15, -0.1) is 0 Å². The number of nitrogens with zero attached hydrogens (tertiary/aromatic N) is 2.